The number of carbonyl (C=O) groups excluding carboxylic acids is 1. The summed E-state index contributed by atoms with van der Waals surface area (Å²) < 4.78 is 3.98. The number of imidazole rings is 1. The maximum atomic E-state index is 12.7. The molecule has 2 atom stereocenters. The zero-order chi connectivity index (χ0) is 24.1. The van der Waals surface area contributed by atoms with Crippen molar-refractivity contribution in [2.24, 2.45) is 13.0 Å². The summed E-state index contributed by atoms with van der Waals surface area (Å²) in [6, 6.07) is 0.417. The van der Waals surface area contributed by atoms with Crippen LogP contribution >= 0.6 is 0 Å². The third-order valence-electron chi connectivity index (χ3n) is 7.19. The largest absolute Gasteiger partial charge is 0.355 e. The Labute approximate surface area is 204 Å². The number of allylic oxidation sites excluding steroid dienone is 2. The molecule has 0 aromatic carbocycles. The van der Waals surface area contributed by atoms with Gasteiger partial charge in [-0.15, -0.1) is 0 Å². The fourth-order valence-corrected chi connectivity index (χ4v) is 5.54. The molecule has 1 aliphatic carbocycles. The third-order valence-corrected chi connectivity index (χ3v) is 7.19. The summed E-state index contributed by atoms with van der Waals surface area (Å²) in [5.74, 6) is 2.21. The normalized spacial score (nSPS) is 22.5. The van der Waals surface area contributed by atoms with Crippen molar-refractivity contribution in [1.29, 1.82) is 0 Å². The lowest BCUT2D eigenvalue weighted by atomic mass is 9.98. The molecule has 35 heavy (non-hydrogen) atoms. The number of hydrogen-bond acceptors (Lipinski definition) is 6. The third kappa shape index (κ3) is 3.77. The average molecular weight is 474 g/mol. The van der Waals surface area contributed by atoms with E-state index in [9.17, 15) is 4.79 Å². The molecule has 0 saturated carbocycles. The summed E-state index contributed by atoms with van der Waals surface area (Å²) >= 11 is 0. The molecule has 2 saturated heterocycles. The Morgan fingerprint density at radius 3 is 2.74 bits per heavy atom. The number of urea groups is 1. The highest BCUT2D eigenvalue weighted by Crippen LogP contribution is 2.32. The van der Waals surface area contributed by atoms with Crippen LogP contribution in [0, 0.1) is 5.92 Å². The number of fused-ring (bicyclic) bond motifs is 2. The number of aryl methyl sites for hydroxylation is 1. The molecule has 182 valence electrons. The minimum Gasteiger partial charge on any atom is -0.355 e. The summed E-state index contributed by atoms with van der Waals surface area (Å²) in [6.07, 6.45) is 15.5. The zero-order valence-electron chi connectivity index (χ0n) is 20.4. The van der Waals surface area contributed by atoms with Gasteiger partial charge < -0.3 is 19.7 Å². The van der Waals surface area contributed by atoms with E-state index in [0.717, 1.165) is 60.8 Å². The predicted octanol–water partition coefficient (Wildman–Crippen LogP) is 2.74. The van der Waals surface area contributed by atoms with E-state index < -0.39 is 0 Å². The summed E-state index contributed by atoms with van der Waals surface area (Å²) in [4.78, 5) is 31.1. The Balaban J connectivity index is 1.23. The number of aromatic nitrogens is 6. The molecule has 10 heteroatoms. The highest BCUT2D eigenvalue weighted by atomic mass is 16.2. The number of anilines is 1. The van der Waals surface area contributed by atoms with Crippen LogP contribution in [0.15, 0.2) is 43.0 Å². The van der Waals surface area contributed by atoms with Crippen LogP contribution in [0.1, 0.15) is 26.7 Å². The first kappa shape index (κ1) is 21.8. The van der Waals surface area contributed by atoms with Gasteiger partial charge in [-0.3, -0.25) is 4.68 Å². The summed E-state index contributed by atoms with van der Waals surface area (Å²) in [7, 11) is 1.99. The number of hydrogen-bond donors (Lipinski definition) is 1. The van der Waals surface area contributed by atoms with Crippen molar-refractivity contribution < 1.29 is 4.79 Å². The van der Waals surface area contributed by atoms with Gasteiger partial charge in [-0.25, -0.2) is 19.7 Å². The molecule has 2 amide bonds. The highest BCUT2D eigenvalue weighted by Gasteiger charge is 2.42. The van der Waals surface area contributed by atoms with Gasteiger partial charge in [-0.1, -0.05) is 38.2 Å². The molecular formula is C25H31N9O. The van der Waals surface area contributed by atoms with Crippen LogP contribution in [-0.4, -0.2) is 71.4 Å². The number of nitrogens with zero attached hydrogens (tertiary/aromatic N) is 8. The molecule has 5 heterocycles. The van der Waals surface area contributed by atoms with E-state index in [1.807, 2.05) is 45.7 Å². The smallest absolute Gasteiger partial charge is 0.318 e. The molecule has 1 N–H and O–H groups in total. The van der Waals surface area contributed by atoms with E-state index in [-0.39, 0.29) is 24.2 Å². The van der Waals surface area contributed by atoms with Gasteiger partial charge in [0.25, 0.3) is 0 Å². The molecule has 0 spiro atoms. The minimum absolute atomic E-state index is 0.0338. The molecule has 2 fully saturated rings. The summed E-state index contributed by atoms with van der Waals surface area (Å²) in [5.41, 5.74) is 2.59. The molecule has 10 nitrogen and oxygen atoms in total. The van der Waals surface area contributed by atoms with Crippen molar-refractivity contribution in [3.63, 3.8) is 0 Å². The van der Waals surface area contributed by atoms with Crippen molar-refractivity contribution in [2.45, 2.75) is 51.4 Å². The van der Waals surface area contributed by atoms with Gasteiger partial charge in [0, 0.05) is 38.9 Å². The van der Waals surface area contributed by atoms with E-state index in [0.29, 0.717) is 5.92 Å². The van der Waals surface area contributed by atoms with Crippen molar-refractivity contribution in [3.05, 3.63) is 43.0 Å². The number of carbonyl (C=O) groups is 1. The molecule has 3 aromatic heterocycles. The quantitative estimate of drug-likeness (QED) is 0.612. The van der Waals surface area contributed by atoms with Gasteiger partial charge in [0.2, 0.25) is 0 Å². The van der Waals surface area contributed by atoms with Crippen LogP contribution in [0.25, 0.3) is 22.6 Å². The van der Waals surface area contributed by atoms with Crippen molar-refractivity contribution in [1.82, 2.24) is 39.5 Å². The van der Waals surface area contributed by atoms with Gasteiger partial charge >= 0.3 is 6.03 Å². The van der Waals surface area contributed by atoms with Crippen LogP contribution in [0.3, 0.4) is 0 Å². The molecule has 2 unspecified atom stereocenters. The van der Waals surface area contributed by atoms with Crippen molar-refractivity contribution >= 4 is 23.0 Å². The zero-order valence-corrected chi connectivity index (χ0v) is 20.4. The fraction of sp³-hybridized carbons (Fsp3) is 0.480. The minimum atomic E-state index is 0.0338. The molecule has 6 rings (SSSR count). The van der Waals surface area contributed by atoms with Gasteiger partial charge in [-0.2, -0.15) is 5.10 Å². The average Bonchev–Trinajstić information content (AvgIpc) is 3.54. The number of rotatable bonds is 5. The SMILES string of the molecule is CC(C)Cn1cc(-c2nc3c(N4CCC(N5C(=O)NC6C=CC=CC65)CC4)ncnc3n2C)cn1. The highest BCUT2D eigenvalue weighted by molar-refractivity contribution is 5.86. The van der Waals surface area contributed by atoms with E-state index in [4.69, 9.17) is 4.98 Å². The van der Waals surface area contributed by atoms with Gasteiger partial charge in [0.1, 0.15) is 12.2 Å². The fourth-order valence-electron chi connectivity index (χ4n) is 5.54. The standard InChI is InChI=1S/C25H31N9O/c1-16(2)13-33-14-17(12-28-33)22-30-21-23(31(22)3)26-15-27-24(21)32-10-8-18(9-11-32)34-20-7-5-4-6-19(20)29-25(34)35/h4-7,12,14-16,18-20H,8-11,13H2,1-3H3,(H,29,35). The van der Waals surface area contributed by atoms with Crippen LogP contribution in [-0.2, 0) is 13.6 Å². The Kier molecular flexibility index (Phi) is 5.31. The lowest BCUT2D eigenvalue weighted by Crippen LogP contribution is -2.49. The molecule has 3 aliphatic rings. The lowest BCUT2D eigenvalue weighted by molar-refractivity contribution is 0.171. The van der Waals surface area contributed by atoms with Crippen molar-refractivity contribution in [3.8, 4) is 11.4 Å². The maximum absolute atomic E-state index is 12.7. The summed E-state index contributed by atoms with van der Waals surface area (Å²) in [5, 5.41) is 7.61. The van der Waals surface area contributed by atoms with Gasteiger partial charge in [0.05, 0.1) is 23.8 Å². The number of amides is 2. The second-order valence-electron chi connectivity index (χ2n) is 10.1. The second kappa shape index (κ2) is 8.51. The van der Waals surface area contributed by atoms with Gasteiger partial charge in [0.15, 0.2) is 17.0 Å². The van der Waals surface area contributed by atoms with Crippen LogP contribution in [0.4, 0.5) is 10.6 Å². The molecule has 3 aromatic rings. The lowest BCUT2D eigenvalue weighted by Gasteiger charge is -2.39. The number of nitrogens with one attached hydrogen (secondary N) is 1. The van der Waals surface area contributed by atoms with E-state index in [1.54, 1.807) is 6.33 Å². The Hall–Kier alpha value is -3.69. The first-order valence-corrected chi connectivity index (χ1v) is 12.4. The maximum Gasteiger partial charge on any atom is 0.318 e. The summed E-state index contributed by atoms with van der Waals surface area (Å²) in [6.45, 7) is 6.86. The van der Waals surface area contributed by atoms with Crippen LogP contribution in [0.2, 0.25) is 0 Å². The molecule has 0 radical (unpaired) electrons. The molecule has 0 bridgehead atoms. The Bertz CT molecular complexity index is 1310. The van der Waals surface area contributed by atoms with E-state index >= 15 is 0 Å². The van der Waals surface area contributed by atoms with Crippen LogP contribution < -0.4 is 10.2 Å². The Morgan fingerprint density at radius 2 is 1.94 bits per heavy atom. The topological polar surface area (TPSA) is 97.0 Å². The first-order chi connectivity index (χ1) is 17.0. The van der Waals surface area contributed by atoms with E-state index in [1.165, 1.54) is 0 Å². The van der Waals surface area contributed by atoms with Crippen LogP contribution in [0.5, 0.6) is 0 Å². The van der Waals surface area contributed by atoms with Crippen molar-refractivity contribution in [2.75, 3.05) is 18.0 Å². The number of piperidine rings is 1. The molecular weight excluding hydrogens is 442 g/mol. The predicted molar refractivity (Wildman–Crippen MR) is 134 cm³/mol. The van der Waals surface area contributed by atoms with Gasteiger partial charge in [-0.05, 0) is 18.8 Å². The van der Waals surface area contributed by atoms with E-state index in [2.05, 4.69) is 51.3 Å². The first-order valence-electron chi connectivity index (χ1n) is 12.4. The second-order valence-corrected chi connectivity index (χ2v) is 10.1. The monoisotopic (exact) mass is 473 g/mol. The molecule has 2 aliphatic heterocycles. The Morgan fingerprint density at radius 1 is 1.14 bits per heavy atom.